The van der Waals surface area contributed by atoms with E-state index in [4.69, 9.17) is 23.4 Å². The van der Waals surface area contributed by atoms with Crippen LogP contribution in [0.25, 0.3) is 0 Å². The highest BCUT2D eigenvalue weighted by atomic mass is 28.4. The molecule has 3 saturated carbocycles. The van der Waals surface area contributed by atoms with Gasteiger partial charge in [0.2, 0.25) is 0 Å². The normalized spacial score (nSPS) is 37.2. The summed E-state index contributed by atoms with van der Waals surface area (Å²) >= 11 is 0. The number of benzene rings is 1. The van der Waals surface area contributed by atoms with E-state index >= 15 is 4.79 Å². The lowest BCUT2D eigenvalue weighted by atomic mass is 9.44. The molecule has 280 valence electrons. The minimum absolute atomic E-state index is 0.123. The van der Waals surface area contributed by atoms with Gasteiger partial charge in [-0.3, -0.25) is 14.4 Å². The predicted octanol–water partition coefficient (Wildman–Crippen LogP) is 5.07. The standard InChI is InChI=1S/C39H54O11Si/c1-9-51(10-2,11-3)50-27-19-28-38(21-46-28,49-23(5)40)31-33(48-35(44)24-15-13-12-14-16-24)39(45)20-26(41)22(4)29(36(39,6)7)30(32(42)37(27,31)8)47-34(43)25-17-18-25/h12-16,25-28,30-31,33,41,45H,9-11,17-21H2,1-8H3/t26-,27-,28+,30+,31?,33-,37+,38-,39+/m0/s1. The second-order valence-corrected chi connectivity index (χ2v) is 20.9. The van der Waals surface area contributed by atoms with E-state index in [9.17, 15) is 24.6 Å². The molecule has 2 bridgehead atoms. The van der Waals surface area contributed by atoms with Crippen LogP contribution in [0.1, 0.15) is 91.4 Å². The van der Waals surface area contributed by atoms with Gasteiger partial charge < -0.3 is 33.6 Å². The molecule has 0 radical (unpaired) electrons. The first-order valence-corrected chi connectivity index (χ1v) is 21.1. The van der Waals surface area contributed by atoms with E-state index in [0.717, 1.165) is 18.1 Å². The number of ketones is 1. The molecule has 51 heavy (non-hydrogen) atoms. The molecule has 1 aliphatic heterocycles. The average molecular weight is 727 g/mol. The smallest absolute Gasteiger partial charge is 0.338 e. The van der Waals surface area contributed by atoms with Crippen LogP contribution >= 0.6 is 0 Å². The molecule has 2 N–H and O–H groups in total. The zero-order valence-electron chi connectivity index (χ0n) is 31.2. The van der Waals surface area contributed by atoms with Crippen LogP contribution in [0.2, 0.25) is 18.1 Å². The van der Waals surface area contributed by atoms with Gasteiger partial charge in [0, 0.05) is 25.2 Å². The molecule has 9 atom stereocenters. The zero-order valence-corrected chi connectivity index (χ0v) is 32.2. The first kappa shape index (κ1) is 37.8. The number of fused-ring (bicyclic) bond motifs is 5. The number of carbonyl (C=O) groups is 4. The SMILES string of the molecule is CC[Si](CC)(CC)O[C@H]1C[C@H]2OC[C@@]2(OC(C)=O)C2[C@H](OC(=O)c3ccccc3)[C@]3(O)C[C@H](O)C(C)=C([C@@H](OC(=O)C4CC4)C(=O)[C@@]21C)C3(C)C. The highest BCUT2D eigenvalue weighted by Crippen LogP contribution is 2.65. The van der Waals surface area contributed by atoms with Gasteiger partial charge in [0.1, 0.15) is 17.8 Å². The van der Waals surface area contributed by atoms with Crippen LogP contribution in [0.5, 0.6) is 0 Å². The van der Waals surface area contributed by atoms with Crippen molar-refractivity contribution in [3.63, 3.8) is 0 Å². The van der Waals surface area contributed by atoms with Crippen LogP contribution in [0.4, 0.5) is 0 Å². The molecule has 12 heteroatoms. The average Bonchev–Trinajstić information content (AvgIpc) is 3.94. The Morgan fingerprint density at radius 3 is 2.16 bits per heavy atom. The van der Waals surface area contributed by atoms with Crippen LogP contribution in [0.3, 0.4) is 0 Å². The van der Waals surface area contributed by atoms with Gasteiger partial charge in [-0.25, -0.2) is 4.79 Å². The number of aliphatic hydroxyl groups is 2. The Bertz CT molecular complexity index is 1590. The lowest BCUT2D eigenvalue weighted by molar-refractivity contribution is -0.344. The molecule has 1 heterocycles. The predicted molar refractivity (Wildman–Crippen MR) is 188 cm³/mol. The lowest BCUT2D eigenvalue weighted by Crippen LogP contribution is -2.82. The van der Waals surface area contributed by atoms with Crippen LogP contribution in [0.15, 0.2) is 41.5 Å². The quantitative estimate of drug-likeness (QED) is 0.144. The van der Waals surface area contributed by atoms with Crippen molar-refractivity contribution >= 4 is 32.0 Å². The van der Waals surface area contributed by atoms with Gasteiger partial charge in [0.25, 0.3) is 0 Å². The van der Waals surface area contributed by atoms with Crippen LogP contribution in [0, 0.1) is 22.7 Å². The third kappa shape index (κ3) is 5.75. The topological polar surface area (TPSA) is 155 Å². The van der Waals surface area contributed by atoms with Crippen molar-refractivity contribution in [3.8, 4) is 0 Å². The summed E-state index contributed by atoms with van der Waals surface area (Å²) in [5.41, 5.74) is -5.73. The van der Waals surface area contributed by atoms with Crippen molar-refractivity contribution in [2.45, 2.75) is 141 Å². The minimum Gasteiger partial charge on any atom is -0.455 e. The monoisotopic (exact) mass is 726 g/mol. The first-order chi connectivity index (χ1) is 24.0. The van der Waals surface area contributed by atoms with Gasteiger partial charge in [-0.05, 0) is 68.1 Å². The number of rotatable bonds is 10. The maximum Gasteiger partial charge on any atom is 0.338 e. The maximum atomic E-state index is 15.9. The summed E-state index contributed by atoms with van der Waals surface area (Å²) < 4.78 is 32.4. The van der Waals surface area contributed by atoms with E-state index in [0.29, 0.717) is 18.4 Å². The maximum absolute atomic E-state index is 15.9. The Hall–Kier alpha value is -2.90. The molecule has 0 aromatic heterocycles. The van der Waals surface area contributed by atoms with Crippen molar-refractivity contribution in [1.82, 2.24) is 0 Å². The molecule has 6 rings (SSSR count). The van der Waals surface area contributed by atoms with Crippen molar-refractivity contribution in [3.05, 3.63) is 47.0 Å². The van der Waals surface area contributed by atoms with E-state index in [-0.39, 0.29) is 36.5 Å². The van der Waals surface area contributed by atoms with Crippen LogP contribution < -0.4 is 0 Å². The molecule has 11 nitrogen and oxygen atoms in total. The summed E-state index contributed by atoms with van der Waals surface area (Å²) in [6, 6.07) is 10.6. The molecule has 1 unspecified atom stereocenters. The number of aliphatic hydroxyl groups excluding tert-OH is 1. The molecular formula is C39H54O11Si. The summed E-state index contributed by atoms with van der Waals surface area (Å²) in [4.78, 5) is 56.7. The third-order valence-corrected chi connectivity index (χ3v) is 18.0. The minimum atomic E-state index is -2.48. The molecule has 1 aromatic carbocycles. The molecule has 4 fully saturated rings. The molecule has 4 aliphatic carbocycles. The van der Waals surface area contributed by atoms with E-state index < -0.39 is 90.5 Å². The van der Waals surface area contributed by atoms with Crippen molar-refractivity contribution < 1.29 is 52.8 Å². The fraction of sp³-hybridized carbons (Fsp3) is 0.692. The van der Waals surface area contributed by atoms with Gasteiger partial charge in [-0.2, -0.15) is 0 Å². The molecule has 5 aliphatic rings. The number of esters is 3. The molecule has 1 aromatic rings. The number of ether oxygens (including phenoxy) is 4. The van der Waals surface area contributed by atoms with Crippen molar-refractivity contribution in [1.29, 1.82) is 0 Å². The van der Waals surface area contributed by atoms with E-state index in [1.807, 2.05) is 0 Å². The Labute approximate surface area is 301 Å². The summed E-state index contributed by atoms with van der Waals surface area (Å²) in [5, 5.41) is 25.1. The van der Waals surface area contributed by atoms with E-state index in [1.165, 1.54) is 6.92 Å². The molecular weight excluding hydrogens is 673 g/mol. The summed E-state index contributed by atoms with van der Waals surface area (Å²) in [5.74, 6) is -3.99. The highest BCUT2D eigenvalue weighted by Gasteiger charge is 2.78. The van der Waals surface area contributed by atoms with E-state index in [2.05, 4.69) is 20.8 Å². The van der Waals surface area contributed by atoms with Gasteiger partial charge in [-0.1, -0.05) is 52.8 Å². The Morgan fingerprint density at radius 1 is 1.00 bits per heavy atom. The highest BCUT2D eigenvalue weighted by molar-refractivity contribution is 6.73. The van der Waals surface area contributed by atoms with Crippen molar-refractivity contribution in [2.75, 3.05) is 6.61 Å². The lowest BCUT2D eigenvalue weighted by Gasteiger charge is -2.68. The Morgan fingerprint density at radius 2 is 1.63 bits per heavy atom. The van der Waals surface area contributed by atoms with Crippen LogP contribution in [-0.4, -0.2) is 90.6 Å². The Kier molecular flexibility index (Phi) is 9.79. The third-order valence-electron chi connectivity index (χ3n) is 13.4. The fourth-order valence-electron chi connectivity index (χ4n) is 9.72. The number of Topliss-reactive ketones (excluding diaryl/α,β-unsaturated/α-hetero) is 1. The number of hydrogen-bond donors (Lipinski definition) is 2. The second-order valence-electron chi connectivity index (χ2n) is 16.2. The fourth-order valence-corrected chi connectivity index (χ4v) is 12.7. The summed E-state index contributed by atoms with van der Waals surface area (Å²) in [6.07, 6.45) is -4.68. The first-order valence-electron chi connectivity index (χ1n) is 18.6. The zero-order chi connectivity index (χ0) is 37.3. The van der Waals surface area contributed by atoms with Gasteiger partial charge in [0.15, 0.2) is 25.8 Å². The van der Waals surface area contributed by atoms with Crippen LogP contribution in [-0.2, 0) is 37.8 Å². The number of carbonyl (C=O) groups excluding carboxylic acids is 4. The summed E-state index contributed by atoms with van der Waals surface area (Å²) in [6.45, 7) is 14.3. The van der Waals surface area contributed by atoms with Gasteiger partial charge >= 0.3 is 17.9 Å². The largest absolute Gasteiger partial charge is 0.455 e. The molecule has 1 saturated heterocycles. The van der Waals surface area contributed by atoms with Crippen molar-refractivity contribution in [2.24, 2.45) is 22.7 Å². The molecule has 0 spiro atoms. The second kappa shape index (κ2) is 13.2. The van der Waals surface area contributed by atoms with E-state index in [1.54, 1.807) is 58.0 Å². The summed E-state index contributed by atoms with van der Waals surface area (Å²) in [7, 11) is -2.48. The van der Waals surface area contributed by atoms with Gasteiger partial charge in [0.05, 0.1) is 41.6 Å². The molecule has 0 amide bonds. The number of hydrogen-bond acceptors (Lipinski definition) is 11. The Balaban J connectivity index is 1.67. The van der Waals surface area contributed by atoms with Gasteiger partial charge in [-0.15, -0.1) is 0 Å².